The first kappa shape index (κ1) is 14.1. The summed E-state index contributed by atoms with van der Waals surface area (Å²) in [4.78, 5) is 26.2. The maximum atomic E-state index is 11.9. The average molecular weight is 294 g/mol. The number of aromatic amines is 1. The zero-order valence-corrected chi connectivity index (χ0v) is 12.1. The molecule has 3 rings (SSSR count). The van der Waals surface area contributed by atoms with Gasteiger partial charge in [-0.3, -0.25) is 9.59 Å². The molecule has 0 bridgehead atoms. The van der Waals surface area contributed by atoms with Gasteiger partial charge in [-0.15, -0.1) is 0 Å². The fourth-order valence-corrected chi connectivity index (χ4v) is 2.27. The Balaban J connectivity index is 2.00. The molecule has 0 amide bonds. The molecule has 110 valence electrons. The summed E-state index contributed by atoms with van der Waals surface area (Å²) in [5.41, 5.74) is 1.51. The lowest BCUT2D eigenvalue weighted by Crippen LogP contribution is -2.13. The number of hydrogen-bond acceptors (Lipinski definition) is 4. The van der Waals surface area contributed by atoms with Crippen LogP contribution in [0, 0.1) is 24.2 Å². The number of nitriles is 1. The Hall–Kier alpha value is -2.87. The van der Waals surface area contributed by atoms with Gasteiger partial charge in [0, 0.05) is 11.3 Å². The van der Waals surface area contributed by atoms with Gasteiger partial charge in [0.2, 0.25) is 0 Å². The van der Waals surface area contributed by atoms with Crippen molar-refractivity contribution in [2.45, 2.75) is 19.8 Å². The third-order valence-corrected chi connectivity index (χ3v) is 3.55. The Bertz CT molecular complexity index is 842. The SMILES string of the molecule is Cc1cc(-c2cccc(OC(=O)C3CC3)c2)c(C#N)c(=O)[nH]1. The smallest absolute Gasteiger partial charge is 0.314 e. The van der Waals surface area contributed by atoms with Crippen molar-refractivity contribution in [2.75, 3.05) is 0 Å². The van der Waals surface area contributed by atoms with Gasteiger partial charge in [0.05, 0.1) is 5.92 Å². The number of pyridine rings is 1. The Morgan fingerprint density at radius 2 is 2.14 bits per heavy atom. The molecule has 0 aliphatic heterocycles. The molecule has 1 N–H and O–H groups in total. The summed E-state index contributed by atoms with van der Waals surface area (Å²) in [5, 5.41) is 9.19. The van der Waals surface area contributed by atoms with Crippen molar-refractivity contribution in [1.82, 2.24) is 4.98 Å². The van der Waals surface area contributed by atoms with Gasteiger partial charge in [0.1, 0.15) is 17.4 Å². The second-order valence-corrected chi connectivity index (χ2v) is 5.41. The molecule has 2 aromatic rings. The highest BCUT2D eigenvalue weighted by Crippen LogP contribution is 2.32. The van der Waals surface area contributed by atoms with Crippen molar-refractivity contribution in [1.29, 1.82) is 5.26 Å². The van der Waals surface area contributed by atoms with Crippen molar-refractivity contribution in [3.05, 3.63) is 51.9 Å². The van der Waals surface area contributed by atoms with Crippen LogP contribution in [-0.4, -0.2) is 11.0 Å². The molecular weight excluding hydrogens is 280 g/mol. The number of aromatic nitrogens is 1. The molecule has 0 unspecified atom stereocenters. The van der Waals surface area contributed by atoms with Crippen molar-refractivity contribution in [2.24, 2.45) is 5.92 Å². The van der Waals surface area contributed by atoms with Crippen LogP contribution in [-0.2, 0) is 4.79 Å². The second-order valence-electron chi connectivity index (χ2n) is 5.41. The molecule has 22 heavy (non-hydrogen) atoms. The van der Waals surface area contributed by atoms with Crippen LogP contribution in [0.15, 0.2) is 35.1 Å². The van der Waals surface area contributed by atoms with Crippen LogP contribution >= 0.6 is 0 Å². The van der Waals surface area contributed by atoms with Crippen LogP contribution in [0.2, 0.25) is 0 Å². The standard InChI is InChI=1S/C17H14N2O3/c1-10-7-14(15(9-18)16(20)19-10)12-3-2-4-13(8-12)22-17(21)11-5-6-11/h2-4,7-8,11H,5-6H2,1H3,(H,19,20). The number of carbonyl (C=O) groups excluding carboxylic acids is 1. The van der Waals surface area contributed by atoms with Crippen molar-refractivity contribution in [3.8, 4) is 22.9 Å². The van der Waals surface area contributed by atoms with E-state index in [1.165, 1.54) is 0 Å². The van der Waals surface area contributed by atoms with E-state index in [9.17, 15) is 14.9 Å². The Morgan fingerprint density at radius 3 is 2.82 bits per heavy atom. The number of aryl methyl sites for hydroxylation is 1. The average Bonchev–Trinajstić information content (AvgIpc) is 3.31. The number of rotatable bonds is 3. The van der Waals surface area contributed by atoms with E-state index in [-0.39, 0.29) is 17.5 Å². The Morgan fingerprint density at radius 1 is 1.36 bits per heavy atom. The van der Waals surface area contributed by atoms with Gasteiger partial charge in [-0.2, -0.15) is 5.26 Å². The zero-order chi connectivity index (χ0) is 15.7. The van der Waals surface area contributed by atoms with Gasteiger partial charge in [-0.25, -0.2) is 0 Å². The van der Waals surface area contributed by atoms with Crippen molar-refractivity contribution < 1.29 is 9.53 Å². The van der Waals surface area contributed by atoms with E-state index in [0.717, 1.165) is 12.8 Å². The molecule has 1 aliphatic rings. The summed E-state index contributed by atoms with van der Waals surface area (Å²) in [7, 11) is 0. The molecule has 5 nitrogen and oxygen atoms in total. The summed E-state index contributed by atoms with van der Waals surface area (Å²) in [5.74, 6) is 0.219. The predicted molar refractivity (Wildman–Crippen MR) is 80.3 cm³/mol. The maximum absolute atomic E-state index is 11.9. The third-order valence-electron chi connectivity index (χ3n) is 3.55. The van der Waals surface area contributed by atoms with E-state index in [0.29, 0.717) is 22.6 Å². The minimum atomic E-state index is -0.419. The van der Waals surface area contributed by atoms with Gasteiger partial charge in [0.15, 0.2) is 0 Å². The molecule has 0 atom stereocenters. The molecular formula is C17H14N2O3. The van der Waals surface area contributed by atoms with Crippen molar-refractivity contribution in [3.63, 3.8) is 0 Å². The van der Waals surface area contributed by atoms with E-state index < -0.39 is 5.56 Å². The minimum Gasteiger partial charge on any atom is -0.426 e. The lowest BCUT2D eigenvalue weighted by Gasteiger charge is -2.08. The number of carbonyl (C=O) groups is 1. The number of hydrogen-bond donors (Lipinski definition) is 1. The first-order valence-electron chi connectivity index (χ1n) is 7.04. The van der Waals surface area contributed by atoms with Crippen LogP contribution in [0.25, 0.3) is 11.1 Å². The highest BCUT2D eigenvalue weighted by atomic mass is 16.5. The normalized spacial score (nSPS) is 13.5. The molecule has 1 fully saturated rings. The van der Waals surface area contributed by atoms with E-state index >= 15 is 0 Å². The number of nitrogens with zero attached hydrogens (tertiary/aromatic N) is 1. The first-order valence-corrected chi connectivity index (χ1v) is 7.04. The van der Waals surface area contributed by atoms with E-state index in [4.69, 9.17) is 4.74 Å². The van der Waals surface area contributed by atoms with Crippen LogP contribution in [0.5, 0.6) is 5.75 Å². The van der Waals surface area contributed by atoms with E-state index in [1.807, 2.05) is 6.07 Å². The summed E-state index contributed by atoms with van der Waals surface area (Å²) in [6, 6.07) is 10.6. The number of nitrogens with one attached hydrogen (secondary N) is 1. The van der Waals surface area contributed by atoms with E-state index in [1.54, 1.807) is 37.3 Å². The van der Waals surface area contributed by atoms with Gasteiger partial charge in [-0.1, -0.05) is 12.1 Å². The van der Waals surface area contributed by atoms with E-state index in [2.05, 4.69) is 4.98 Å². The third kappa shape index (κ3) is 2.77. The Kier molecular flexibility index (Phi) is 3.51. The second kappa shape index (κ2) is 5.49. The fraction of sp³-hybridized carbons (Fsp3) is 0.235. The summed E-state index contributed by atoms with van der Waals surface area (Å²) >= 11 is 0. The molecule has 0 spiro atoms. The fourth-order valence-electron chi connectivity index (χ4n) is 2.27. The predicted octanol–water partition coefficient (Wildman–Crippen LogP) is 2.54. The summed E-state index contributed by atoms with van der Waals surface area (Å²) in [6.45, 7) is 1.75. The molecule has 1 heterocycles. The lowest BCUT2D eigenvalue weighted by atomic mass is 10.0. The highest BCUT2D eigenvalue weighted by molar-refractivity contribution is 5.78. The summed E-state index contributed by atoms with van der Waals surface area (Å²) in [6.07, 6.45) is 1.76. The summed E-state index contributed by atoms with van der Waals surface area (Å²) < 4.78 is 5.33. The Labute approximate surface area is 127 Å². The molecule has 5 heteroatoms. The maximum Gasteiger partial charge on any atom is 0.314 e. The molecule has 0 radical (unpaired) electrons. The molecule has 1 aromatic heterocycles. The van der Waals surface area contributed by atoms with Crippen LogP contribution in [0.4, 0.5) is 0 Å². The topological polar surface area (TPSA) is 82.9 Å². The van der Waals surface area contributed by atoms with Gasteiger partial charge in [-0.05, 0) is 43.5 Å². The number of benzene rings is 1. The number of H-pyrrole nitrogens is 1. The van der Waals surface area contributed by atoms with Gasteiger partial charge < -0.3 is 9.72 Å². The van der Waals surface area contributed by atoms with Gasteiger partial charge >= 0.3 is 5.97 Å². The number of ether oxygens (including phenoxy) is 1. The molecule has 1 aliphatic carbocycles. The zero-order valence-electron chi connectivity index (χ0n) is 12.1. The molecule has 1 aromatic carbocycles. The lowest BCUT2D eigenvalue weighted by molar-refractivity contribution is -0.135. The largest absolute Gasteiger partial charge is 0.426 e. The molecule has 1 saturated carbocycles. The van der Waals surface area contributed by atoms with Crippen LogP contribution < -0.4 is 10.3 Å². The van der Waals surface area contributed by atoms with Gasteiger partial charge in [0.25, 0.3) is 5.56 Å². The van der Waals surface area contributed by atoms with Crippen LogP contribution in [0.3, 0.4) is 0 Å². The van der Waals surface area contributed by atoms with Crippen LogP contribution in [0.1, 0.15) is 24.1 Å². The van der Waals surface area contributed by atoms with Crippen molar-refractivity contribution >= 4 is 5.97 Å². The highest BCUT2D eigenvalue weighted by Gasteiger charge is 2.31. The first-order chi connectivity index (χ1) is 10.6. The minimum absolute atomic E-state index is 0.0140. The number of esters is 1. The monoisotopic (exact) mass is 294 g/mol. The quantitative estimate of drug-likeness (QED) is 0.696. The molecule has 0 saturated heterocycles.